The Labute approximate surface area is 93.8 Å². The van der Waals surface area contributed by atoms with Crippen molar-refractivity contribution in [3.8, 4) is 0 Å². The third-order valence-electron chi connectivity index (χ3n) is 1.73. The Bertz CT molecular complexity index is 389. The molecule has 0 amide bonds. The topological polar surface area (TPSA) is 115 Å². The summed E-state index contributed by atoms with van der Waals surface area (Å²) in [6.45, 7) is 1.73. The van der Waals surface area contributed by atoms with Gasteiger partial charge in [0.15, 0.2) is 5.79 Å². The van der Waals surface area contributed by atoms with Crippen molar-refractivity contribution >= 4 is 10.4 Å². The molecule has 0 fully saturated rings. The lowest BCUT2D eigenvalue weighted by atomic mass is 10.0. The van der Waals surface area contributed by atoms with E-state index in [0.29, 0.717) is 12.0 Å². The molecule has 0 aliphatic rings. The van der Waals surface area contributed by atoms with E-state index < -0.39 is 16.2 Å². The van der Waals surface area contributed by atoms with Gasteiger partial charge in [-0.1, -0.05) is 37.3 Å². The van der Waals surface area contributed by atoms with Crippen LogP contribution in [0.15, 0.2) is 30.3 Å². The van der Waals surface area contributed by atoms with E-state index in [-0.39, 0.29) is 0 Å². The normalized spacial score (nSPS) is 11.6. The summed E-state index contributed by atoms with van der Waals surface area (Å²) >= 11 is 0. The monoisotopic (exact) mass is 250 g/mol. The second-order valence-electron chi connectivity index (χ2n) is 2.98. The molecule has 1 rings (SSSR count). The highest BCUT2D eigenvalue weighted by Crippen LogP contribution is 2.20. The summed E-state index contributed by atoms with van der Waals surface area (Å²) in [6, 6.07) is 8.81. The molecule has 0 aliphatic carbocycles. The van der Waals surface area contributed by atoms with Gasteiger partial charge in [-0.25, -0.2) is 0 Å². The maximum absolute atomic E-state index is 9.35. The first-order valence-electron chi connectivity index (χ1n) is 4.37. The standard InChI is InChI=1S/C9H12O2.H2O4S/c1-2-9(10,11)8-6-4-3-5-7-8;1-5(2,3)4/h3-7,10-11H,2H2,1H3;(H2,1,2,3,4). The molecular formula is C9H14O6S. The van der Waals surface area contributed by atoms with E-state index in [4.69, 9.17) is 17.5 Å². The number of rotatable bonds is 2. The minimum Gasteiger partial charge on any atom is -0.362 e. The SMILES string of the molecule is CCC(O)(O)c1ccccc1.O=S(=O)(O)O. The van der Waals surface area contributed by atoms with E-state index >= 15 is 0 Å². The van der Waals surface area contributed by atoms with Crippen LogP contribution in [0, 0.1) is 0 Å². The Balaban J connectivity index is 0.000000385. The van der Waals surface area contributed by atoms with E-state index in [9.17, 15) is 10.2 Å². The van der Waals surface area contributed by atoms with Gasteiger partial charge in [-0.05, 0) is 0 Å². The fraction of sp³-hybridized carbons (Fsp3) is 0.333. The molecule has 0 bridgehead atoms. The first kappa shape index (κ1) is 15.0. The van der Waals surface area contributed by atoms with Gasteiger partial charge in [0, 0.05) is 12.0 Å². The second kappa shape index (κ2) is 5.92. The van der Waals surface area contributed by atoms with Crippen LogP contribution in [-0.2, 0) is 16.2 Å². The van der Waals surface area contributed by atoms with Gasteiger partial charge < -0.3 is 10.2 Å². The number of hydrogen-bond donors (Lipinski definition) is 4. The van der Waals surface area contributed by atoms with Crippen molar-refractivity contribution < 1.29 is 27.7 Å². The molecule has 92 valence electrons. The maximum atomic E-state index is 9.35. The third-order valence-corrected chi connectivity index (χ3v) is 1.73. The second-order valence-corrected chi connectivity index (χ2v) is 3.88. The van der Waals surface area contributed by atoms with E-state index in [0.717, 1.165) is 0 Å². The van der Waals surface area contributed by atoms with Gasteiger partial charge in [0.2, 0.25) is 0 Å². The van der Waals surface area contributed by atoms with Crippen molar-refractivity contribution in [1.82, 2.24) is 0 Å². The molecule has 0 saturated carbocycles. The molecule has 6 nitrogen and oxygen atoms in total. The van der Waals surface area contributed by atoms with Gasteiger partial charge in [-0.15, -0.1) is 0 Å². The van der Waals surface area contributed by atoms with Crippen LogP contribution in [0.3, 0.4) is 0 Å². The summed E-state index contributed by atoms with van der Waals surface area (Å²) < 4.78 is 31.6. The fourth-order valence-corrected chi connectivity index (χ4v) is 0.909. The molecule has 0 radical (unpaired) electrons. The molecular weight excluding hydrogens is 236 g/mol. The van der Waals surface area contributed by atoms with E-state index in [1.54, 1.807) is 31.2 Å². The van der Waals surface area contributed by atoms with Crippen molar-refractivity contribution in [2.24, 2.45) is 0 Å². The predicted molar refractivity (Wildman–Crippen MR) is 57.0 cm³/mol. The Morgan fingerprint density at radius 3 is 1.81 bits per heavy atom. The lowest BCUT2D eigenvalue weighted by Gasteiger charge is -2.19. The highest BCUT2D eigenvalue weighted by atomic mass is 32.3. The maximum Gasteiger partial charge on any atom is 0.394 e. The van der Waals surface area contributed by atoms with E-state index in [2.05, 4.69) is 0 Å². The van der Waals surface area contributed by atoms with Crippen molar-refractivity contribution in [2.45, 2.75) is 19.1 Å². The molecule has 0 aromatic heterocycles. The van der Waals surface area contributed by atoms with Crippen LogP contribution in [0.2, 0.25) is 0 Å². The summed E-state index contributed by atoms with van der Waals surface area (Å²) in [5.41, 5.74) is 0.544. The van der Waals surface area contributed by atoms with Crippen molar-refractivity contribution in [1.29, 1.82) is 0 Å². The van der Waals surface area contributed by atoms with Crippen LogP contribution < -0.4 is 0 Å². The summed E-state index contributed by atoms with van der Waals surface area (Å²) in [6.07, 6.45) is 0.303. The molecule has 1 aromatic rings. The number of hydrogen-bond acceptors (Lipinski definition) is 4. The summed E-state index contributed by atoms with van der Waals surface area (Å²) in [5, 5.41) is 18.7. The smallest absolute Gasteiger partial charge is 0.362 e. The lowest BCUT2D eigenvalue weighted by Crippen LogP contribution is -2.23. The van der Waals surface area contributed by atoms with Crippen LogP contribution in [0.1, 0.15) is 18.9 Å². The Kier molecular flexibility index (Phi) is 5.56. The molecule has 1 aromatic carbocycles. The first-order valence-corrected chi connectivity index (χ1v) is 5.76. The summed E-state index contributed by atoms with van der Waals surface area (Å²) in [5.74, 6) is -1.67. The summed E-state index contributed by atoms with van der Waals surface area (Å²) in [4.78, 5) is 0. The van der Waals surface area contributed by atoms with Crippen LogP contribution in [0.5, 0.6) is 0 Å². The lowest BCUT2D eigenvalue weighted by molar-refractivity contribution is -0.171. The van der Waals surface area contributed by atoms with Gasteiger partial charge in [0.1, 0.15) is 0 Å². The first-order chi connectivity index (χ1) is 7.17. The van der Waals surface area contributed by atoms with Crippen molar-refractivity contribution in [3.05, 3.63) is 35.9 Å². The Morgan fingerprint density at radius 1 is 1.12 bits per heavy atom. The zero-order chi connectivity index (χ0) is 12.8. The molecule has 16 heavy (non-hydrogen) atoms. The molecule has 0 saturated heterocycles. The summed E-state index contributed by atoms with van der Waals surface area (Å²) in [7, 11) is -4.67. The zero-order valence-corrected chi connectivity index (χ0v) is 9.42. The molecule has 0 unspecified atom stereocenters. The molecule has 7 heteroatoms. The van der Waals surface area contributed by atoms with Crippen LogP contribution >= 0.6 is 0 Å². The van der Waals surface area contributed by atoms with Gasteiger partial charge in [-0.2, -0.15) is 8.42 Å². The van der Waals surface area contributed by atoms with Crippen molar-refractivity contribution in [3.63, 3.8) is 0 Å². The predicted octanol–water partition coefficient (Wildman–Crippen LogP) is 0.581. The Hall–Kier alpha value is -0.990. The van der Waals surface area contributed by atoms with E-state index in [1.807, 2.05) is 6.07 Å². The average Bonchev–Trinajstić information content (AvgIpc) is 2.17. The molecule has 0 heterocycles. The van der Waals surface area contributed by atoms with E-state index in [1.165, 1.54) is 0 Å². The molecule has 0 spiro atoms. The number of benzene rings is 1. The van der Waals surface area contributed by atoms with Crippen LogP contribution in [0.4, 0.5) is 0 Å². The minimum atomic E-state index is -4.67. The van der Waals surface area contributed by atoms with Gasteiger partial charge in [0.05, 0.1) is 0 Å². The highest BCUT2D eigenvalue weighted by molar-refractivity contribution is 7.79. The Morgan fingerprint density at radius 2 is 1.50 bits per heavy atom. The average molecular weight is 250 g/mol. The quantitative estimate of drug-likeness (QED) is 0.451. The zero-order valence-electron chi connectivity index (χ0n) is 8.61. The third kappa shape index (κ3) is 7.32. The van der Waals surface area contributed by atoms with Gasteiger partial charge >= 0.3 is 10.4 Å². The van der Waals surface area contributed by atoms with Crippen LogP contribution in [0.25, 0.3) is 0 Å². The molecule has 4 N–H and O–H groups in total. The largest absolute Gasteiger partial charge is 0.394 e. The van der Waals surface area contributed by atoms with Gasteiger partial charge in [-0.3, -0.25) is 9.11 Å². The number of aliphatic hydroxyl groups is 2. The molecule has 0 atom stereocenters. The van der Waals surface area contributed by atoms with Crippen molar-refractivity contribution in [2.75, 3.05) is 0 Å². The van der Waals surface area contributed by atoms with Crippen LogP contribution in [-0.4, -0.2) is 27.7 Å². The minimum absolute atomic E-state index is 0.303. The molecule has 0 aliphatic heterocycles. The highest BCUT2D eigenvalue weighted by Gasteiger charge is 2.21. The van der Waals surface area contributed by atoms with Gasteiger partial charge in [0.25, 0.3) is 0 Å². The fourth-order valence-electron chi connectivity index (χ4n) is 0.909.